The number of unbranched alkanes of at least 4 members (excludes halogenated alkanes) is 1. The molecule has 2 atom stereocenters. The molecule has 2 rings (SSSR count). The summed E-state index contributed by atoms with van der Waals surface area (Å²) in [7, 11) is 0. The first-order valence-electron chi connectivity index (χ1n) is 6.86. The van der Waals surface area contributed by atoms with Crippen LogP contribution in [0.4, 0.5) is 0 Å². The van der Waals surface area contributed by atoms with Crippen LogP contribution in [0.1, 0.15) is 58.8 Å². The molecule has 1 heterocycles. The Bertz CT molecular complexity index is 250. The van der Waals surface area contributed by atoms with Crippen LogP contribution in [0.2, 0.25) is 0 Å². The van der Waals surface area contributed by atoms with Gasteiger partial charge in [-0.2, -0.15) is 0 Å². The quantitative estimate of drug-likeness (QED) is 0.750. The van der Waals surface area contributed by atoms with E-state index in [-0.39, 0.29) is 6.04 Å². The smallest absolute Gasteiger partial charge is 0.241 e. The second kappa shape index (κ2) is 5.17. The van der Waals surface area contributed by atoms with Crippen LogP contribution in [0.5, 0.6) is 0 Å². The lowest BCUT2D eigenvalue weighted by Crippen LogP contribution is -2.38. The number of rotatable bonds is 6. The summed E-state index contributed by atoms with van der Waals surface area (Å²) < 4.78 is 0. The van der Waals surface area contributed by atoms with Gasteiger partial charge in [0.15, 0.2) is 0 Å². The van der Waals surface area contributed by atoms with Crippen molar-refractivity contribution in [3.63, 3.8) is 0 Å². The Balaban J connectivity index is 1.95. The maximum atomic E-state index is 12.2. The molecule has 1 N–H and O–H groups in total. The third-order valence-corrected chi connectivity index (χ3v) is 3.63. The van der Waals surface area contributed by atoms with E-state index in [4.69, 9.17) is 0 Å². The zero-order valence-electron chi connectivity index (χ0n) is 10.5. The summed E-state index contributed by atoms with van der Waals surface area (Å²) >= 11 is 0. The van der Waals surface area contributed by atoms with Gasteiger partial charge in [-0.25, -0.2) is 0 Å². The molecule has 0 aromatic carbocycles. The van der Waals surface area contributed by atoms with Crippen molar-refractivity contribution in [2.45, 2.75) is 77.0 Å². The number of nitrogens with one attached hydrogen (secondary N) is 1. The van der Waals surface area contributed by atoms with Crippen molar-refractivity contribution in [2.75, 3.05) is 0 Å². The lowest BCUT2D eigenvalue weighted by molar-refractivity contribution is -0.130. The van der Waals surface area contributed by atoms with E-state index in [2.05, 4.69) is 24.1 Å². The standard InChI is InChI=1S/C13H24N2O/c1-3-5-7-11-13(16)15(10-8-9-10)12(14-11)6-4-2/h10-12,14H,3-9H2,1-2H3. The van der Waals surface area contributed by atoms with E-state index >= 15 is 0 Å². The molecule has 3 nitrogen and oxygen atoms in total. The fourth-order valence-corrected chi connectivity index (χ4v) is 2.62. The number of carbonyl (C=O) groups is 1. The summed E-state index contributed by atoms with van der Waals surface area (Å²) in [5.74, 6) is 0.370. The molecule has 92 valence electrons. The van der Waals surface area contributed by atoms with Crippen LogP contribution in [-0.2, 0) is 4.79 Å². The van der Waals surface area contributed by atoms with Crippen molar-refractivity contribution in [3.05, 3.63) is 0 Å². The highest BCUT2D eigenvalue weighted by molar-refractivity contribution is 5.84. The second-order valence-corrected chi connectivity index (χ2v) is 5.14. The van der Waals surface area contributed by atoms with Gasteiger partial charge in [0.2, 0.25) is 5.91 Å². The number of carbonyl (C=O) groups excluding carboxylic acids is 1. The molecular weight excluding hydrogens is 200 g/mol. The molecule has 0 spiro atoms. The van der Waals surface area contributed by atoms with Crippen LogP contribution < -0.4 is 5.32 Å². The minimum absolute atomic E-state index is 0.108. The van der Waals surface area contributed by atoms with E-state index in [0.29, 0.717) is 18.1 Å². The van der Waals surface area contributed by atoms with Gasteiger partial charge in [-0.3, -0.25) is 10.1 Å². The van der Waals surface area contributed by atoms with Crippen molar-refractivity contribution in [1.29, 1.82) is 0 Å². The third kappa shape index (κ3) is 2.40. The SMILES string of the molecule is CCCCC1NC(CCC)N(C2CC2)C1=O. The first-order chi connectivity index (χ1) is 7.77. The van der Waals surface area contributed by atoms with Crippen LogP contribution in [0.25, 0.3) is 0 Å². The van der Waals surface area contributed by atoms with Crippen molar-refractivity contribution in [2.24, 2.45) is 0 Å². The van der Waals surface area contributed by atoms with E-state index in [0.717, 1.165) is 25.7 Å². The Morgan fingerprint density at radius 3 is 2.56 bits per heavy atom. The molecule has 0 aromatic rings. The van der Waals surface area contributed by atoms with E-state index < -0.39 is 0 Å². The molecule has 2 unspecified atom stereocenters. The van der Waals surface area contributed by atoms with Crippen molar-refractivity contribution in [3.8, 4) is 0 Å². The third-order valence-electron chi connectivity index (χ3n) is 3.63. The molecule has 1 aliphatic carbocycles. The summed E-state index contributed by atoms with van der Waals surface area (Å²) in [4.78, 5) is 14.4. The van der Waals surface area contributed by atoms with Crippen molar-refractivity contribution < 1.29 is 4.79 Å². The van der Waals surface area contributed by atoms with Crippen LogP contribution in [-0.4, -0.2) is 29.1 Å². The molecule has 2 fully saturated rings. The molecule has 1 saturated heterocycles. The molecule has 0 aromatic heterocycles. The first-order valence-corrected chi connectivity index (χ1v) is 6.86. The van der Waals surface area contributed by atoms with Crippen molar-refractivity contribution in [1.82, 2.24) is 10.2 Å². The van der Waals surface area contributed by atoms with Crippen LogP contribution >= 0.6 is 0 Å². The van der Waals surface area contributed by atoms with E-state index in [1.54, 1.807) is 0 Å². The highest BCUT2D eigenvalue weighted by Gasteiger charge is 2.45. The second-order valence-electron chi connectivity index (χ2n) is 5.14. The zero-order chi connectivity index (χ0) is 11.5. The van der Waals surface area contributed by atoms with Gasteiger partial charge in [-0.15, -0.1) is 0 Å². The average Bonchev–Trinajstić information content (AvgIpc) is 3.04. The van der Waals surface area contributed by atoms with E-state index in [9.17, 15) is 4.79 Å². The van der Waals surface area contributed by atoms with Crippen LogP contribution in [0, 0.1) is 0 Å². The molecule has 3 heteroatoms. The number of hydrogen-bond donors (Lipinski definition) is 1. The molecule has 1 saturated carbocycles. The predicted octanol–water partition coefficient (Wildman–Crippen LogP) is 2.27. The summed E-state index contributed by atoms with van der Waals surface area (Å²) in [5, 5.41) is 3.52. The van der Waals surface area contributed by atoms with Gasteiger partial charge in [0, 0.05) is 6.04 Å². The van der Waals surface area contributed by atoms with Crippen LogP contribution in [0.15, 0.2) is 0 Å². The maximum Gasteiger partial charge on any atom is 0.241 e. The monoisotopic (exact) mass is 224 g/mol. The Kier molecular flexibility index (Phi) is 3.85. The number of nitrogens with zero attached hydrogens (tertiary/aromatic N) is 1. The fraction of sp³-hybridized carbons (Fsp3) is 0.923. The Hall–Kier alpha value is -0.570. The Morgan fingerprint density at radius 2 is 2.00 bits per heavy atom. The van der Waals surface area contributed by atoms with Gasteiger partial charge in [-0.1, -0.05) is 33.1 Å². The molecular formula is C13H24N2O. The lowest BCUT2D eigenvalue weighted by Gasteiger charge is -2.23. The summed E-state index contributed by atoms with van der Waals surface area (Å²) in [5.41, 5.74) is 0. The fourth-order valence-electron chi connectivity index (χ4n) is 2.62. The largest absolute Gasteiger partial charge is 0.323 e. The average molecular weight is 224 g/mol. The summed E-state index contributed by atoms with van der Waals surface area (Å²) in [6, 6.07) is 0.667. The summed E-state index contributed by atoms with van der Waals surface area (Å²) in [6.45, 7) is 4.37. The van der Waals surface area contributed by atoms with Gasteiger partial charge >= 0.3 is 0 Å². The molecule has 16 heavy (non-hydrogen) atoms. The van der Waals surface area contributed by atoms with Gasteiger partial charge in [0.25, 0.3) is 0 Å². The molecule has 0 bridgehead atoms. The minimum Gasteiger partial charge on any atom is -0.323 e. The first kappa shape index (κ1) is 11.9. The van der Waals surface area contributed by atoms with E-state index in [1.807, 2.05) is 0 Å². The number of amides is 1. The predicted molar refractivity (Wildman–Crippen MR) is 65.0 cm³/mol. The normalized spacial score (nSPS) is 30.1. The highest BCUT2D eigenvalue weighted by atomic mass is 16.2. The Labute approximate surface area is 98.6 Å². The zero-order valence-corrected chi connectivity index (χ0v) is 10.5. The minimum atomic E-state index is 0.108. The van der Waals surface area contributed by atoms with Crippen LogP contribution in [0.3, 0.4) is 0 Å². The topological polar surface area (TPSA) is 32.3 Å². The summed E-state index contributed by atoms with van der Waals surface area (Å²) in [6.07, 6.45) is 8.35. The van der Waals surface area contributed by atoms with E-state index in [1.165, 1.54) is 19.3 Å². The molecule has 0 radical (unpaired) electrons. The molecule has 1 amide bonds. The van der Waals surface area contributed by atoms with Gasteiger partial charge < -0.3 is 4.90 Å². The lowest BCUT2D eigenvalue weighted by atomic mass is 10.1. The molecule has 2 aliphatic rings. The van der Waals surface area contributed by atoms with Crippen molar-refractivity contribution >= 4 is 5.91 Å². The van der Waals surface area contributed by atoms with Gasteiger partial charge in [0.1, 0.15) is 0 Å². The maximum absolute atomic E-state index is 12.2. The van der Waals surface area contributed by atoms with Gasteiger partial charge in [0.05, 0.1) is 12.2 Å². The van der Waals surface area contributed by atoms with Gasteiger partial charge in [-0.05, 0) is 25.7 Å². The molecule has 1 aliphatic heterocycles. The number of hydrogen-bond acceptors (Lipinski definition) is 2. The Morgan fingerprint density at radius 1 is 1.25 bits per heavy atom. The highest BCUT2D eigenvalue weighted by Crippen LogP contribution is 2.33.